The number of nitrogen functional groups attached to an aromatic ring is 1. The summed E-state index contributed by atoms with van der Waals surface area (Å²) in [6, 6.07) is 4.37. The molecule has 2 aromatic rings. The predicted molar refractivity (Wildman–Crippen MR) is 75.6 cm³/mol. The molecule has 0 fully saturated rings. The van der Waals surface area contributed by atoms with Gasteiger partial charge in [0.05, 0.1) is 22.2 Å². The van der Waals surface area contributed by atoms with Crippen LogP contribution in [-0.4, -0.2) is 19.9 Å². The van der Waals surface area contributed by atoms with Gasteiger partial charge in [-0.05, 0) is 18.1 Å². The second-order valence-electron chi connectivity index (χ2n) is 4.36. The van der Waals surface area contributed by atoms with Gasteiger partial charge in [-0.3, -0.25) is 10.1 Å². The van der Waals surface area contributed by atoms with Crippen LogP contribution in [0.15, 0.2) is 18.2 Å². The highest BCUT2D eigenvalue weighted by atomic mass is 35.5. The number of nitro benzene ring substituents is 1. The van der Waals surface area contributed by atoms with Crippen molar-refractivity contribution in [3.05, 3.63) is 44.6 Å². The Labute approximate surface area is 120 Å². The van der Waals surface area contributed by atoms with Gasteiger partial charge in [0.25, 0.3) is 5.69 Å². The number of anilines is 1. The molecule has 0 atom stereocenters. The summed E-state index contributed by atoms with van der Waals surface area (Å²) in [7, 11) is 0. The topological polar surface area (TPSA) is 99.9 Å². The van der Waals surface area contributed by atoms with E-state index in [0.29, 0.717) is 17.4 Å². The van der Waals surface area contributed by atoms with Gasteiger partial charge in [0.15, 0.2) is 5.82 Å². The monoisotopic (exact) mass is 295 g/mol. The number of non-ortho nitro benzene ring substituents is 1. The highest BCUT2D eigenvalue weighted by molar-refractivity contribution is 6.31. The summed E-state index contributed by atoms with van der Waals surface area (Å²) < 4.78 is 1.67. The molecule has 0 spiro atoms. The maximum Gasteiger partial charge on any atom is 0.270 e. The third kappa shape index (κ3) is 2.88. The van der Waals surface area contributed by atoms with E-state index < -0.39 is 4.92 Å². The quantitative estimate of drug-likeness (QED) is 0.674. The number of nitrogens with zero attached hydrogens (tertiary/aromatic N) is 4. The molecule has 0 aliphatic carbocycles. The molecule has 106 valence electrons. The first kappa shape index (κ1) is 14.3. The first-order chi connectivity index (χ1) is 9.52. The van der Waals surface area contributed by atoms with Gasteiger partial charge in [0, 0.05) is 12.1 Å². The third-order valence-corrected chi connectivity index (χ3v) is 3.27. The maximum absolute atomic E-state index is 10.7. The fraction of sp³-hybridized carbons (Fsp3) is 0.333. The van der Waals surface area contributed by atoms with Crippen LogP contribution in [0.25, 0.3) is 0 Å². The summed E-state index contributed by atoms with van der Waals surface area (Å²) in [6.07, 6.45) is 1.69. The zero-order valence-corrected chi connectivity index (χ0v) is 11.7. The second-order valence-corrected chi connectivity index (χ2v) is 4.77. The van der Waals surface area contributed by atoms with E-state index in [1.807, 2.05) is 6.92 Å². The number of benzene rings is 1. The minimum absolute atomic E-state index is 0.0364. The van der Waals surface area contributed by atoms with Crippen LogP contribution in [0.4, 0.5) is 11.5 Å². The molecule has 0 saturated carbocycles. The Kier molecular flexibility index (Phi) is 4.19. The van der Waals surface area contributed by atoms with Crippen LogP contribution in [0.5, 0.6) is 0 Å². The SMILES string of the molecule is CCCc1c(N)nnn1Cc1ccc([N+](=O)[O-])cc1Cl. The van der Waals surface area contributed by atoms with Crippen LogP contribution in [0.3, 0.4) is 0 Å². The fourth-order valence-corrected chi connectivity index (χ4v) is 2.14. The molecule has 8 heteroatoms. The van der Waals surface area contributed by atoms with Gasteiger partial charge in [0.1, 0.15) is 0 Å². The Balaban J connectivity index is 2.28. The molecule has 0 aliphatic rings. The van der Waals surface area contributed by atoms with Gasteiger partial charge in [-0.15, -0.1) is 5.10 Å². The summed E-state index contributed by atoms with van der Waals surface area (Å²) in [5.41, 5.74) is 7.31. The molecule has 1 aromatic heterocycles. The minimum Gasteiger partial charge on any atom is -0.381 e. The first-order valence-corrected chi connectivity index (χ1v) is 6.51. The van der Waals surface area contributed by atoms with E-state index in [1.165, 1.54) is 12.1 Å². The normalized spacial score (nSPS) is 10.7. The number of hydrogen-bond acceptors (Lipinski definition) is 5. The highest BCUT2D eigenvalue weighted by Crippen LogP contribution is 2.24. The van der Waals surface area contributed by atoms with Crippen LogP contribution >= 0.6 is 11.6 Å². The van der Waals surface area contributed by atoms with E-state index in [9.17, 15) is 10.1 Å². The van der Waals surface area contributed by atoms with E-state index in [-0.39, 0.29) is 5.69 Å². The van der Waals surface area contributed by atoms with Gasteiger partial charge in [-0.1, -0.05) is 30.2 Å². The second kappa shape index (κ2) is 5.87. The van der Waals surface area contributed by atoms with Crippen molar-refractivity contribution in [2.75, 3.05) is 5.73 Å². The molecule has 0 radical (unpaired) electrons. The van der Waals surface area contributed by atoms with Crippen molar-refractivity contribution in [3.8, 4) is 0 Å². The van der Waals surface area contributed by atoms with Crippen LogP contribution < -0.4 is 5.73 Å². The molecule has 1 aromatic carbocycles. The van der Waals surface area contributed by atoms with Crippen LogP contribution in [0.1, 0.15) is 24.6 Å². The zero-order valence-electron chi connectivity index (χ0n) is 10.9. The van der Waals surface area contributed by atoms with E-state index in [4.69, 9.17) is 17.3 Å². The van der Waals surface area contributed by atoms with Crippen LogP contribution in [-0.2, 0) is 13.0 Å². The van der Waals surface area contributed by atoms with Crippen molar-refractivity contribution < 1.29 is 4.92 Å². The third-order valence-electron chi connectivity index (χ3n) is 2.92. The summed E-state index contributed by atoms with van der Waals surface area (Å²) in [5.74, 6) is 0.407. The number of hydrogen-bond donors (Lipinski definition) is 1. The van der Waals surface area contributed by atoms with Crippen molar-refractivity contribution in [1.82, 2.24) is 15.0 Å². The largest absolute Gasteiger partial charge is 0.381 e. The molecule has 2 N–H and O–H groups in total. The average molecular weight is 296 g/mol. The van der Waals surface area contributed by atoms with Crippen molar-refractivity contribution in [1.29, 1.82) is 0 Å². The van der Waals surface area contributed by atoms with E-state index >= 15 is 0 Å². The fourth-order valence-electron chi connectivity index (χ4n) is 1.91. The van der Waals surface area contributed by atoms with Crippen molar-refractivity contribution >= 4 is 23.1 Å². The molecule has 0 amide bonds. The number of nitro groups is 1. The molecule has 2 rings (SSSR count). The van der Waals surface area contributed by atoms with Crippen molar-refractivity contribution in [2.24, 2.45) is 0 Å². The van der Waals surface area contributed by atoms with Crippen LogP contribution in [0, 0.1) is 10.1 Å². The summed E-state index contributed by atoms with van der Waals surface area (Å²) >= 11 is 6.06. The standard InChI is InChI=1S/C12H14ClN5O2/c1-2-3-11-12(14)15-16-17(11)7-8-4-5-9(18(19)20)6-10(8)13/h4-6H,2-3,7,14H2,1H3. The Bertz CT molecular complexity index is 641. The minimum atomic E-state index is -0.481. The van der Waals surface area contributed by atoms with Gasteiger partial charge >= 0.3 is 0 Å². The highest BCUT2D eigenvalue weighted by Gasteiger charge is 2.13. The lowest BCUT2D eigenvalue weighted by atomic mass is 10.2. The van der Waals surface area contributed by atoms with Crippen LogP contribution in [0.2, 0.25) is 5.02 Å². The molecule has 0 saturated heterocycles. The lowest BCUT2D eigenvalue weighted by Gasteiger charge is -2.07. The predicted octanol–water partition coefficient (Wildman–Crippen LogP) is 2.42. The van der Waals surface area contributed by atoms with Gasteiger partial charge in [-0.25, -0.2) is 4.68 Å². The Morgan fingerprint density at radius 3 is 2.85 bits per heavy atom. The number of halogens is 1. The number of nitrogens with two attached hydrogens (primary N) is 1. The molecule has 0 unspecified atom stereocenters. The van der Waals surface area contributed by atoms with E-state index in [2.05, 4.69) is 10.3 Å². The average Bonchev–Trinajstić information content (AvgIpc) is 2.74. The molecule has 0 aliphatic heterocycles. The molecule has 0 bridgehead atoms. The molecular weight excluding hydrogens is 282 g/mol. The number of aromatic nitrogens is 3. The molecule has 7 nitrogen and oxygen atoms in total. The Morgan fingerprint density at radius 2 is 2.25 bits per heavy atom. The summed E-state index contributed by atoms with van der Waals surface area (Å²) in [5, 5.41) is 18.8. The van der Waals surface area contributed by atoms with Gasteiger partial charge in [0.2, 0.25) is 0 Å². The first-order valence-electron chi connectivity index (χ1n) is 6.13. The maximum atomic E-state index is 10.7. The summed E-state index contributed by atoms with van der Waals surface area (Å²) in [6.45, 7) is 2.42. The summed E-state index contributed by atoms with van der Waals surface area (Å²) in [4.78, 5) is 10.2. The Morgan fingerprint density at radius 1 is 1.50 bits per heavy atom. The molecule has 20 heavy (non-hydrogen) atoms. The van der Waals surface area contributed by atoms with E-state index in [1.54, 1.807) is 10.7 Å². The van der Waals surface area contributed by atoms with E-state index in [0.717, 1.165) is 24.1 Å². The van der Waals surface area contributed by atoms with Crippen molar-refractivity contribution in [3.63, 3.8) is 0 Å². The van der Waals surface area contributed by atoms with Gasteiger partial charge < -0.3 is 5.73 Å². The molecular formula is C12H14ClN5O2. The van der Waals surface area contributed by atoms with Crippen molar-refractivity contribution in [2.45, 2.75) is 26.3 Å². The number of rotatable bonds is 5. The zero-order chi connectivity index (χ0) is 14.7. The lowest BCUT2D eigenvalue weighted by molar-refractivity contribution is -0.384. The lowest BCUT2D eigenvalue weighted by Crippen LogP contribution is -2.08. The molecule has 1 heterocycles. The smallest absolute Gasteiger partial charge is 0.270 e. The Hall–Kier alpha value is -2.15. The van der Waals surface area contributed by atoms with Gasteiger partial charge in [-0.2, -0.15) is 0 Å².